The number of primary amides is 1. The van der Waals surface area contributed by atoms with Crippen molar-refractivity contribution in [1.82, 2.24) is 4.98 Å². The van der Waals surface area contributed by atoms with Crippen molar-refractivity contribution in [3.63, 3.8) is 0 Å². The minimum atomic E-state index is -0.512. The molecule has 19 heavy (non-hydrogen) atoms. The molecule has 104 valence electrons. The predicted molar refractivity (Wildman–Crippen MR) is 72.8 cm³/mol. The van der Waals surface area contributed by atoms with Crippen molar-refractivity contribution in [3.05, 3.63) is 23.9 Å². The molecule has 0 bridgehead atoms. The smallest absolute Gasteiger partial charge is 0.254 e. The van der Waals surface area contributed by atoms with Gasteiger partial charge in [-0.05, 0) is 43.4 Å². The van der Waals surface area contributed by atoms with Crippen LogP contribution >= 0.6 is 0 Å². The first kappa shape index (κ1) is 13.8. The zero-order valence-corrected chi connectivity index (χ0v) is 11.0. The van der Waals surface area contributed by atoms with Gasteiger partial charge in [0.25, 0.3) is 5.91 Å². The van der Waals surface area contributed by atoms with E-state index in [1.165, 1.54) is 12.8 Å². The summed E-state index contributed by atoms with van der Waals surface area (Å²) in [5, 5.41) is 0. The van der Waals surface area contributed by atoms with E-state index in [0.717, 1.165) is 12.8 Å². The Morgan fingerprint density at radius 3 is 2.79 bits per heavy atom. The first-order valence-corrected chi connectivity index (χ1v) is 6.80. The standard InChI is InChI=1S/C14H21N3O2/c15-8-10-4-1-2-5-11(10)9-19-14-12(13(16)18)6-3-7-17-14/h3,6-7,10-11H,1-2,4-5,8-9,15H2,(H2,16,18). The molecule has 0 aromatic carbocycles. The van der Waals surface area contributed by atoms with E-state index in [1.54, 1.807) is 18.3 Å². The third-order valence-corrected chi connectivity index (χ3v) is 3.84. The van der Waals surface area contributed by atoms with Crippen molar-refractivity contribution >= 4 is 5.91 Å². The second kappa shape index (κ2) is 6.52. The van der Waals surface area contributed by atoms with Gasteiger partial charge in [0.2, 0.25) is 5.88 Å². The fraction of sp³-hybridized carbons (Fsp3) is 0.571. The summed E-state index contributed by atoms with van der Waals surface area (Å²) in [7, 11) is 0. The minimum Gasteiger partial charge on any atom is -0.477 e. The molecule has 4 N–H and O–H groups in total. The van der Waals surface area contributed by atoms with Gasteiger partial charge >= 0.3 is 0 Å². The molecule has 0 spiro atoms. The molecular formula is C14H21N3O2. The van der Waals surface area contributed by atoms with Crippen molar-refractivity contribution in [2.45, 2.75) is 25.7 Å². The average Bonchev–Trinajstić information content (AvgIpc) is 2.45. The number of hydrogen-bond acceptors (Lipinski definition) is 4. The summed E-state index contributed by atoms with van der Waals surface area (Å²) in [6.07, 6.45) is 6.35. The third kappa shape index (κ3) is 3.44. The lowest BCUT2D eigenvalue weighted by molar-refractivity contribution is 0.0990. The number of rotatable bonds is 5. The van der Waals surface area contributed by atoms with Gasteiger partial charge < -0.3 is 16.2 Å². The summed E-state index contributed by atoms with van der Waals surface area (Å²) in [5.74, 6) is 0.773. The van der Waals surface area contributed by atoms with E-state index in [1.807, 2.05) is 0 Å². The molecule has 1 amide bonds. The Hall–Kier alpha value is -1.62. The minimum absolute atomic E-state index is 0.330. The van der Waals surface area contributed by atoms with Crippen LogP contribution in [0.4, 0.5) is 0 Å². The van der Waals surface area contributed by atoms with Gasteiger partial charge in [0.1, 0.15) is 5.56 Å². The molecule has 2 atom stereocenters. The van der Waals surface area contributed by atoms with Gasteiger partial charge in [-0.1, -0.05) is 12.8 Å². The fourth-order valence-corrected chi connectivity index (χ4v) is 2.69. The van der Waals surface area contributed by atoms with Gasteiger partial charge in [-0.15, -0.1) is 0 Å². The van der Waals surface area contributed by atoms with E-state index in [2.05, 4.69) is 4.98 Å². The zero-order valence-electron chi connectivity index (χ0n) is 11.0. The number of aromatic nitrogens is 1. The molecule has 2 rings (SSSR count). The van der Waals surface area contributed by atoms with Crippen LogP contribution in [-0.4, -0.2) is 24.0 Å². The Morgan fingerprint density at radius 2 is 2.11 bits per heavy atom. The highest BCUT2D eigenvalue weighted by Gasteiger charge is 2.25. The molecule has 5 heteroatoms. The molecule has 1 heterocycles. The van der Waals surface area contributed by atoms with Crippen LogP contribution < -0.4 is 16.2 Å². The molecule has 1 aliphatic carbocycles. The molecule has 1 aromatic heterocycles. The molecule has 1 aromatic rings. The van der Waals surface area contributed by atoms with Crippen molar-refractivity contribution < 1.29 is 9.53 Å². The molecule has 5 nitrogen and oxygen atoms in total. The van der Waals surface area contributed by atoms with Crippen molar-refractivity contribution in [3.8, 4) is 5.88 Å². The quantitative estimate of drug-likeness (QED) is 0.838. The number of pyridine rings is 1. The Balaban J connectivity index is 2.00. The molecule has 0 radical (unpaired) electrons. The number of hydrogen-bond donors (Lipinski definition) is 2. The largest absolute Gasteiger partial charge is 0.477 e. The normalized spacial score (nSPS) is 23.0. The Bertz CT molecular complexity index is 436. The van der Waals surface area contributed by atoms with Gasteiger partial charge in [-0.2, -0.15) is 0 Å². The highest BCUT2D eigenvalue weighted by molar-refractivity contribution is 5.94. The summed E-state index contributed by atoms with van der Waals surface area (Å²) < 4.78 is 5.70. The third-order valence-electron chi connectivity index (χ3n) is 3.84. The van der Waals surface area contributed by atoms with Gasteiger partial charge in [0, 0.05) is 6.20 Å². The number of nitrogens with zero attached hydrogens (tertiary/aromatic N) is 1. The molecule has 1 saturated carbocycles. The first-order chi connectivity index (χ1) is 9.22. The second-order valence-electron chi connectivity index (χ2n) is 5.07. The molecule has 0 aliphatic heterocycles. The van der Waals surface area contributed by atoms with Gasteiger partial charge in [-0.25, -0.2) is 4.98 Å². The molecule has 1 fully saturated rings. The summed E-state index contributed by atoms with van der Waals surface area (Å²) in [6, 6.07) is 3.31. The Labute approximate surface area is 113 Å². The fourth-order valence-electron chi connectivity index (χ4n) is 2.69. The Kier molecular flexibility index (Phi) is 4.74. The maximum absolute atomic E-state index is 11.3. The lowest BCUT2D eigenvalue weighted by atomic mass is 9.80. The second-order valence-corrected chi connectivity index (χ2v) is 5.07. The van der Waals surface area contributed by atoms with E-state index in [0.29, 0.717) is 36.4 Å². The van der Waals surface area contributed by atoms with Crippen molar-refractivity contribution in [1.29, 1.82) is 0 Å². The summed E-state index contributed by atoms with van der Waals surface area (Å²) in [5.41, 5.74) is 11.4. The van der Waals surface area contributed by atoms with Crippen LogP contribution in [0.3, 0.4) is 0 Å². The van der Waals surface area contributed by atoms with E-state index in [9.17, 15) is 4.79 Å². The van der Waals surface area contributed by atoms with Gasteiger partial charge in [-0.3, -0.25) is 4.79 Å². The SMILES string of the molecule is NCC1CCCCC1COc1ncccc1C(N)=O. The first-order valence-electron chi connectivity index (χ1n) is 6.80. The maximum Gasteiger partial charge on any atom is 0.254 e. The van der Waals surface area contributed by atoms with Crippen LogP contribution in [0.5, 0.6) is 5.88 Å². The van der Waals surface area contributed by atoms with E-state index >= 15 is 0 Å². The predicted octanol–water partition coefficient (Wildman–Crippen LogP) is 1.32. The molecular weight excluding hydrogens is 242 g/mol. The Morgan fingerprint density at radius 1 is 1.37 bits per heavy atom. The highest BCUT2D eigenvalue weighted by atomic mass is 16.5. The van der Waals surface area contributed by atoms with Gasteiger partial charge in [0.05, 0.1) is 6.61 Å². The number of carbonyl (C=O) groups is 1. The van der Waals surface area contributed by atoms with Crippen LogP contribution in [0.15, 0.2) is 18.3 Å². The lowest BCUT2D eigenvalue weighted by Crippen LogP contribution is -2.31. The van der Waals surface area contributed by atoms with Crippen LogP contribution in [0.1, 0.15) is 36.0 Å². The van der Waals surface area contributed by atoms with E-state index in [-0.39, 0.29) is 0 Å². The van der Waals surface area contributed by atoms with Crippen molar-refractivity contribution in [2.24, 2.45) is 23.3 Å². The summed E-state index contributed by atoms with van der Waals surface area (Å²) >= 11 is 0. The van der Waals surface area contributed by atoms with E-state index < -0.39 is 5.91 Å². The number of nitrogens with two attached hydrogens (primary N) is 2. The molecule has 2 unspecified atom stereocenters. The van der Waals surface area contributed by atoms with E-state index in [4.69, 9.17) is 16.2 Å². The number of carbonyl (C=O) groups excluding carboxylic acids is 1. The lowest BCUT2D eigenvalue weighted by Gasteiger charge is -2.30. The van der Waals surface area contributed by atoms with Crippen LogP contribution in [0.2, 0.25) is 0 Å². The van der Waals surface area contributed by atoms with Crippen molar-refractivity contribution in [2.75, 3.05) is 13.2 Å². The highest BCUT2D eigenvalue weighted by Crippen LogP contribution is 2.30. The maximum atomic E-state index is 11.3. The topological polar surface area (TPSA) is 91.2 Å². The van der Waals surface area contributed by atoms with Crippen LogP contribution in [-0.2, 0) is 0 Å². The molecule has 0 saturated heterocycles. The van der Waals surface area contributed by atoms with Crippen LogP contribution in [0, 0.1) is 11.8 Å². The van der Waals surface area contributed by atoms with Gasteiger partial charge in [0.15, 0.2) is 0 Å². The number of amides is 1. The average molecular weight is 263 g/mol. The summed E-state index contributed by atoms with van der Waals surface area (Å²) in [4.78, 5) is 15.4. The zero-order chi connectivity index (χ0) is 13.7. The monoisotopic (exact) mass is 263 g/mol. The summed E-state index contributed by atoms with van der Waals surface area (Å²) in [6.45, 7) is 1.25. The number of ether oxygens (including phenoxy) is 1. The molecule has 1 aliphatic rings. The van der Waals surface area contributed by atoms with Crippen LogP contribution in [0.25, 0.3) is 0 Å².